The summed E-state index contributed by atoms with van der Waals surface area (Å²) in [5.41, 5.74) is 5.98. The Hall–Kier alpha value is -1.77. The van der Waals surface area contributed by atoms with E-state index >= 15 is 0 Å². The third kappa shape index (κ3) is 2.15. The van der Waals surface area contributed by atoms with Crippen molar-refractivity contribution in [3.05, 3.63) is 29.3 Å². The van der Waals surface area contributed by atoms with Gasteiger partial charge in [0.05, 0.1) is 16.0 Å². The minimum atomic E-state index is -3.67. The minimum Gasteiger partial charge on any atom is -0.330 e. The van der Waals surface area contributed by atoms with E-state index in [1.54, 1.807) is 0 Å². The molecule has 1 aromatic carbocycles. The van der Waals surface area contributed by atoms with Gasteiger partial charge in [0.2, 0.25) is 10.0 Å². The average molecular weight is 323 g/mol. The largest absolute Gasteiger partial charge is 0.330 e. The summed E-state index contributed by atoms with van der Waals surface area (Å²) in [5, 5.41) is 0. The molecular formula is C14H17N3O4S. The quantitative estimate of drug-likeness (QED) is 0.782. The maximum atomic E-state index is 12.6. The van der Waals surface area contributed by atoms with Crippen molar-refractivity contribution in [2.24, 2.45) is 11.7 Å². The van der Waals surface area contributed by atoms with Crippen LogP contribution in [-0.2, 0) is 10.0 Å². The van der Waals surface area contributed by atoms with Gasteiger partial charge in [-0.3, -0.25) is 14.5 Å². The fraction of sp³-hybridized carbons (Fsp3) is 0.429. The first-order valence-electron chi connectivity index (χ1n) is 7.03. The fourth-order valence-corrected chi connectivity index (χ4v) is 4.42. The molecule has 22 heavy (non-hydrogen) atoms. The number of amides is 2. The summed E-state index contributed by atoms with van der Waals surface area (Å²) in [6.45, 7) is 1.27. The molecule has 118 valence electrons. The zero-order chi connectivity index (χ0) is 16.1. The van der Waals surface area contributed by atoms with Gasteiger partial charge < -0.3 is 5.73 Å². The Morgan fingerprint density at radius 3 is 2.55 bits per heavy atom. The van der Waals surface area contributed by atoms with E-state index in [-0.39, 0.29) is 21.9 Å². The summed E-state index contributed by atoms with van der Waals surface area (Å²) in [6.07, 6.45) is 0.737. The third-order valence-electron chi connectivity index (χ3n) is 4.28. The van der Waals surface area contributed by atoms with Crippen LogP contribution in [0.2, 0.25) is 0 Å². The van der Waals surface area contributed by atoms with Crippen molar-refractivity contribution >= 4 is 21.8 Å². The minimum absolute atomic E-state index is 0.0420. The zero-order valence-corrected chi connectivity index (χ0v) is 13.0. The molecule has 0 spiro atoms. The standard InChI is InChI=1S/C14H17N3O4S/c1-16-13(18)11-3-2-10(6-12(11)14(16)19)22(20,21)17-5-4-9(7-15)8-17/h2-3,6,9H,4-5,7-8,15H2,1H3. The van der Waals surface area contributed by atoms with Gasteiger partial charge in [0.1, 0.15) is 0 Å². The molecule has 0 radical (unpaired) electrons. The Morgan fingerprint density at radius 2 is 1.91 bits per heavy atom. The highest BCUT2D eigenvalue weighted by Gasteiger charge is 2.36. The summed E-state index contributed by atoms with van der Waals surface area (Å²) in [6, 6.07) is 4.08. The van der Waals surface area contributed by atoms with Crippen molar-refractivity contribution in [2.45, 2.75) is 11.3 Å². The van der Waals surface area contributed by atoms with Gasteiger partial charge in [0.25, 0.3) is 11.8 Å². The topological polar surface area (TPSA) is 101 Å². The molecule has 2 amide bonds. The molecule has 8 heteroatoms. The van der Waals surface area contributed by atoms with Gasteiger partial charge in [-0.25, -0.2) is 8.42 Å². The lowest BCUT2D eigenvalue weighted by Crippen LogP contribution is -2.30. The summed E-state index contributed by atoms with van der Waals surface area (Å²) in [5.74, 6) is -0.717. The first kappa shape index (κ1) is 15.1. The van der Waals surface area contributed by atoms with Crippen molar-refractivity contribution in [1.82, 2.24) is 9.21 Å². The maximum Gasteiger partial charge on any atom is 0.261 e. The molecule has 1 saturated heterocycles. The number of hydrogen-bond donors (Lipinski definition) is 1. The molecule has 1 aromatic rings. The van der Waals surface area contributed by atoms with Crippen molar-refractivity contribution in [1.29, 1.82) is 0 Å². The van der Waals surface area contributed by atoms with Crippen LogP contribution in [0.25, 0.3) is 0 Å². The monoisotopic (exact) mass is 323 g/mol. The smallest absolute Gasteiger partial charge is 0.261 e. The van der Waals surface area contributed by atoms with Gasteiger partial charge in [-0.05, 0) is 37.1 Å². The number of carbonyl (C=O) groups excluding carboxylic acids is 2. The van der Waals surface area contributed by atoms with Crippen molar-refractivity contribution in [2.75, 3.05) is 26.7 Å². The highest BCUT2D eigenvalue weighted by atomic mass is 32.2. The second-order valence-electron chi connectivity index (χ2n) is 5.63. The van der Waals surface area contributed by atoms with Gasteiger partial charge in [0.15, 0.2) is 0 Å². The molecule has 7 nitrogen and oxygen atoms in total. The summed E-state index contributed by atoms with van der Waals surface area (Å²) < 4.78 is 26.7. The van der Waals surface area contributed by atoms with Crippen LogP contribution in [0.1, 0.15) is 27.1 Å². The molecular weight excluding hydrogens is 306 g/mol. The molecule has 0 saturated carbocycles. The van der Waals surface area contributed by atoms with E-state index in [0.717, 1.165) is 11.3 Å². The van der Waals surface area contributed by atoms with Gasteiger partial charge in [0, 0.05) is 20.1 Å². The lowest BCUT2D eigenvalue weighted by Gasteiger charge is -2.16. The number of benzene rings is 1. The highest BCUT2D eigenvalue weighted by Crippen LogP contribution is 2.28. The van der Waals surface area contributed by atoms with Crippen molar-refractivity contribution in [3.8, 4) is 0 Å². The molecule has 2 aliphatic rings. The van der Waals surface area contributed by atoms with Crippen LogP contribution in [0.4, 0.5) is 0 Å². The number of carbonyl (C=O) groups is 2. The first-order valence-corrected chi connectivity index (χ1v) is 8.47. The van der Waals surface area contributed by atoms with Crippen LogP contribution in [0.3, 0.4) is 0 Å². The Morgan fingerprint density at radius 1 is 1.23 bits per heavy atom. The third-order valence-corrected chi connectivity index (χ3v) is 6.14. The SMILES string of the molecule is CN1C(=O)c2ccc(S(=O)(=O)N3CCC(CN)C3)cc2C1=O. The van der Waals surface area contributed by atoms with Crippen LogP contribution in [-0.4, -0.2) is 56.1 Å². The van der Waals surface area contributed by atoms with Gasteiger partial charge in [-0.2, -0.15) is 4.31 Å². The number of sulfonamides is 1. The molecule has 2 N–H and O–H groups in total. The second-order valence-corrected chi connectivity index (χ2v) is 7.57. The number of rotatable bonds is 3. The molecule has 1 fully saturated rings. The normalized spacial score (nSPS) is 22.5. The number of hydrogen-bond acceptors (Lipinski definition) is 5. The predicted molar refractivity (Wildman–Crippen MR) is 78.8 cm³/mol. The Balaban J connectivity index is 1.97. The van der Waals surface area contributed by atoms with Crippen LogP contribution in [0, 0.1) is 5.92 Å². The Kier molecular flexibility index (Phi) is 3.54. The molecule has 1 unspecified atom stereocenters. The number of fused-ring (bicyclic) bond motifs is 1. The lowest BCUT2D eigenvalue weighted by atomic mass is 10.1. The molecule has 0 bridgehead atoms. The van der Waals surface area contributed by atoms with E-state index in [9.17, 15) is 18.0 Å². The number of imide groups is 1. The molecule has 2 aliphatic heterocycles. The zero-order valence-electron chi connectivity index (χ0n) is 12.2. The number of nitrogens with zero attached hydrogens (tertiary/aromatic N) is 2. The van der Waals surface area contributed by atoms with E-state index in [2.05, 4.69) is 0 Å². The van der Waals surface area contributed by atoms with E-state index in [4.69, 9.17) is 5.73 Å². The first-order chi connectivity index (χ1) is 10.4. The summed E-state index contributed by atoms with van der Waals surface area (Å²) >= 11 is 0. The molecule has 0 aromatic heterocycles. The predicted octanol–water partition coefficient (Wildman–Crippen LogP) is -0.118. The molecule has 1 atom stereocenters. The van der Waals surface area contributed by atoms with Crippen LogP contribution >= 0.6 is 0 Å². The molecule has 3 rings (SSSR count). The summed E-state index contributed by atoms with van der Waals surface area (Å²) in [4.78, 5) is 24.9. The van der Waals surface area contributed by atoms with E-state index < -0.39 is 21.8 Å². The van der Waals surface area contributed by atoms with E-state index in [1.165, 1.54) is 29.6 Å². The lowest BCUT2D eigenvalue weighted by molar-refractivity contribution is 0.0693. The van der Waals surface area contributed by atoms with Crippen molar-refractivity contribution < 1.29 is 18.0 Å². The average Bonchev–Trinajstić information content (AvgIpc) is 3.08. The van der Waals surface area contributed by atoms with Crippen LogP contribution < -0.4 is 5.73 Å². The van der Waals surface area contributed by atoms with Crippen LogP contribution in [0.5, 0.6) is 0 Å². The highest BCUT2D eigenvalue weighted by molar-refractivity contribution is 7.89. The maximum absolute atomic E-state index is 12.6. The van der Waals surface area contributed by atoms with Gasteiger partial charge in [-0.15, -0.1) is 0 Å². The summed E-state index contributed by atoms with van der Waals surface area (Å²) in [7, 11) is -2.29. The fourth-order valence-electron chi connectivity index (χ4n) is 2.86. The van der Waals surface area contributed by atoms with Crippen LogP contribution in [0.15, 0.2) is 23.1 Å². The molecule has 0 aliphatic carbocycles. The van der Waals surface area contributed by atoms with Gasteiger partial charge in [-0.1, -0.05) is 0 Å². The Bertz CT molecular complexity index is 759. The van der Waals surface area contributed by atoms with Gasteiger partial charge >= 0.3 is 0 Å². The van der Waals surface area contributed by atoms with Crippen molar-refractivity contribution in [3.63, 3.8) is 0 Å². The van der Waals surface area contributed by atoms with E-state index in [1.807, 2.05) is 0 Å². The second kappa shape index (κ2) is 5.15. The Labute approximate surface area is 128 Å². The molecule has 2 heterocycles. The van der Waals surface area contributed by atoms with E-state index in [0.29, 0.717) is 19.6 Å². The number of nitrogens with two attached hydrogens (primary N) is 1.